The molecule has 0 radical (unpaired) electrons. The Kier molecular flexibility index (Phi) is 4.03. The van der Waals surface area contributed by atoms with E-state index in [0.717, 1.165) is 0 Å². The van der Waals surface area contributed by atoms with Gasteiger partial charge in [-0.05, 0) is 6.92 Å². The molecule has 5 atom stereocenters. The predicted octanol–water partition coefficient (Wildman–Crippen LogP) is -0.984. The molecule has 82 valence electrons. The van der Waals surface area contributed by atoms with Crippen molar-refractivity contribution in [1.29, 1.82) is 0 Å². The molecule has 1 fully saturated rings. The minimum atomic E-state index is -1.24. The minimum absolute atomic E-state index is 0.220. The van der Waals surface area contributed by atoms with Crippen molar-refractivity contribution in [3.8, 4) is 0 Å². The molecule has 1 heterocycles. The third-order valence-corrected chi connectivity index (χ3v) is 2.19. The maximum atomic E-state index is 9.46. The van der Waals surface area contributed by atoms with Gasteiger partial charge in [-0.2, -0.15) is 0 Å². The molecule has 1 aliphatic rings. The maximum Gasteiger partial charge on any atom is 0.186 e. The van der Waals surface area contributed by atoms with Gasteiger partial charge in [0.1, 0.15) is 18.3 Å². The number of hydrogen-bond donors (Lipinski definition) is 3. The first-order valence-electron chi connectivity index (χ1n) is 4.50. The summed E-state index contributed by atoms with van der Waals surface area (Å²) in [6.07, 6.45) is -3.54. The second-order valence-corrected chi connectivity index (χ2v) is 3.30. The van der Waals surface area contributed by atoms with E-state index in [1.165, 1.54) is 6.08 Å². The fourth-order valence-corrected chi connectivity index (χ4v) is 1.31. The quantitative estimate of drug-likeness (QED) is 0.515. The van der Waals surface area contributed by atoms with E-state index < -0.39 is 30.7 Å². The second-order valence-electron chi connectivity index (χ2n) is 3.30. The normalized spacial score (nSPS) is 43.6. The Balaban J connectivity index is 2.55. The van der Waals surface area contributed by atoms with Gasteiger partial charge in [0, 0.05) is 0 Å². The van der Waals surface area contributed by atoms with Crippen LogP contribution in [0.25, 0.3) is 0 Å². The summed E-state index contributed by atoms with van der Waals surface area (Å²) in [5.41, 5.74) is 0. The molecule has 5 nitrogen and oxygen atoms in total. The maximum absolute atomic E-state index is 9.46. The van der Waals surface area contributed by atoms with E-state index in [1.54, 1.807) is 6.92 Å². The largest absolute Gasteiger partial charge is 0.388 e. The fraction of sp³-hybridized carbons (Fsp3) is 0.778. The fourth-order valence-electron chi connectivity index (χ4n) is 1.31. The monoisotopic (exact) mass is 204 g/mol. The first kappa shape index (κ1) is 11.6. The van der Waals surface area contributed by atoms with Crippen LogP contribution in [0.15, 0.2) is 12.7 Å². The second kappa shape index (κ2) is 4.86. The zero-order valence-corrected chi connectivity index (χ0v) is 8.04. The molecule has 0 amide bonds. The van der Waals surface area contributed by atoms with E-state index in [4.69, 9.17) is 9.47 Å². The number of rotatable bonds is 3. The summed E-state index contributed by atoms with van der Waals surface area (Å²) in [5, 5.41) is 28.2. The third-order valence-electron chi connectivity index (χ3n) is 2.19. The molecule has 0 aliphatic carbocycles. The predicted molar refractivity (Wildman–Crippen MR) is 48.5 cm³/mol. The van der Waals surface area contributed by atoms with Gasteiger partial charge < -0.3 is 24.8 Å². The van der Waals surface area contributed by atoms with Crippen LogP contribution >= 0.6 is 0 Å². The lowest BCUT2D eigenvalue weighted by molar-refractivity contribution is -0.290. The van der Waals surface area contributed by atoms with E-state index in [-0.39, 0.29) is 6.61 Å². The molecule has 0 aromatic carbocycles. The van der Waals surface area contributed by atoms with Crippen LogP contribution in [0.5, 0.6) is 0 Å². The summed E-state index contributed by atoms with van der Waals surface area (Å²) < 4.78 is 10.2. The minimum Gasteiger partial charge on any atom is -0.388 e. The summed E-state index contributed by atoms with van der Waals surface area (Å²) in [6, 6.07) is 0. The lowest BCUT2D eigenvalue weighted by Crippen LogP contribution is -2.57. The van der Waals surface area contributed by atoms with E-state index in [1.807, 2.05) is 0 Å². The standard InChI is InChI=1S/C9H16O5/c1-3-4-13-9-8(12)7(11)6(10)5(2)14-9/h3,5-12H,1,4H2,2H3/t5-,6+,7+,8-,9?/m0/s1. The van der Waals surface area contributed by atoms with Gasteiger partial charge in [0.05, 0.1) is 12.7 Å². The van der Waals surface area contributed by atoms with Crippen molar-refractivity contribution in [3.05, 3.63) is 12.7 Å². The Morgan fingerprint density at radius 2 is 1.93 bits per heavy atom. The molecular formula is C9H16O5. The molecule has 0 spiro atoms. The summed E-state index contributed by atoms with van der Waals surface area (Å²) in [5.74, 6) is 0. The number of hydrogen-bond acceptors (Lipinski definition) is 5. The molecule has 5 heteroatoms. The molecule has 3 N–H and O–H groups in total. The smallest absolute Gasteiger partial charge is 0.186 e. The number of ether oxygens (including phenoxy) is 2. The summed E-state index contributed by atoms with van der Waals surface area (Å²) in [4.78, 5) is 0. The molecule has 0 aromatic heterocycles. The topological polar surface area (TPSA) is 79.2 Å². The van der Waals surface area contributed by atoms with Crippen LogP contribution in [0.1, 0.15) is 6.92 Å². The molecule has 1 unspecified atom stereocenters. The van der Waals surface area contributed by atoms with Crippen LogP contribution in [0.4, 0.5) is 0 Å². The van der Waals surface area contributed by atoms with Crippen molar-refractivity contribution < 1.29 is 24.8 Å². The Bertz CT molecular complexity index is 196. The van der Waals surface area contributed by atoms with Crippen molar-refractivity contribution in [2.24, 2.45) is 0 Å². The van der Waals surface area contributed by atoms with Gasteiger partial charge in [0.15, 0.2) is 6.29 Å². The summed E-state index contributed by atoms with van der Waals surface area (Å²) >= 11 is 0. The highest BCUT2D eigenvalue weighted by Gasteiger charge is 2.42. The van der Waals surface area contributed by atoms with Gasteiger partial charge in [-0.3, -0.25) is 0 Å². The number of aliphatic hydroxyl groups excluding tert-OH is 3. The highest BCUT2D eigenvalue weighted by atomic mass is 16.7. The molecule has 1 saturated heterocycles. The Hall–Kier alpha value is -0.460. The first-order valence-corrected chi connectivity index (χ1v) is 4.50. The molecule has 0 aromatic rings. The van der Waals surface area contributed by atoms with Crippen LogP contribution in [0.2, 0.25) is 0 Å². The Morgan fingerprint density at radius 1 is 1.29 bits per heavy atom. The highest BCUT2D eigenvalue weighted by molar-refractivity contribution is 4.87. The van der Waals surface area contributed by atoms with Gasteiger partial charge in [0.2, 0.25) is 0 Å². The zero-order chi connectivity index (χ0) is 10.7. The van der Waals surface area contributed by atoms with Gasteiger partial charge >= 0.3 is 0 Å². The van der Waals surface area contributed by atoms with Crippen LogP contribution in [0, 0.1) is 0 Å². The summed E-state index contributed by atoms with van der Waals surface area (Å²) in [6.45, 7) is 5.27. The Labute approximate surface area is 82.6 Å². The van der Waals surface area contributed by atoms with Crippen molar-refractivity contribution >= 4 is 0 Å². The molecule has 0 bridgehead atoms. The average molecular weight is 204 g/mol. The lowest BCUT2D eigenvalue weighted by atomic mass is 10.0. The SMILES string of the molecule is C=CCOC1O[C@@H](C)[C@@H](O)[C@@H](O)[C@@H]1O. The molecule has 0 saturated carbocycles. The van der Waals surface area contributed by atoms with Gasteiger partial charge in [-0.15, -0.1) is 6.58 Å². The third kappa shape index (κ3) is 2.31. The summed E-state index contributed by atoms with van der Waals surface area (Å²) in [7, 11) is 0. The van der Waals surface area contributed by atoms with Crippen LogP contribution in [-0.4, -0.2) is 52.6 Å². The van der Waals surface area contributed by atoms with E-state index in [2.05, 4.69) is 6.58 Å². The van der Waals surface area contributed by atoms with E-state index in [0.29, 0.717) is 0 Å². The lowest BCUT2D eigenvalue weighted by Gasteiger charge is -2.38. The van der Waals surface area contributed by atoms with Crippen molar-refractivity contribution in [2.45, 2.75) is 37.6 Å². The van der Waals surface area contributed by atoms with E-state index in [9.17, 15) is 15.3 Å². The van der Waals surface area contributed by atoms with Crippen molar-refractivity contribution in [2.75, 3.05) is 6.61 Å². The number of aliphatic hydroxyl groups is 3. The zero-order valence-electron chi connectivity index (χ0n) is 8.04. The van der Waals surface area contributed by atoms with Crippen LogP contribution in [-0.2, 0) is 9.47 Å². The highest BCUT2D eigenvalue weighted by Crippen LogP contribution is 2.21. The van der Waals surface area contributed by atoms with Crippen molar-refractivity contribution in [1.82, 2.24) is 0 Å². The van der Waals surface area contributed by atoms with Gasteiger partial charge in [-0.1, -0.05) is 6.08 Å². The van der Waals surface area contributed by atoms with Crippen LogP contribution in [0.3, 0.4) is 0 Å². The van der Waals surface area contributed by atoms with E-state index >= 15 is 0 Å². The van der Waals surface area contributed by atoms with Gasteiger partial charge in [0.25, 0.3) is 0 Å². The molecular weight excluding hydrogens is 188 g/mol. The molecule has 1 rings (SSSR count). The van der Waals surface area contributed by atoms with Crippen LogP contribution < -0.4 is 0 Å². The first-order chi connectivity index (χ1) is 6.57. The van der Waals surface area contributed by atoms with Crippen molar-refractivity contribution in [3.63, 3.8) is 0 Å². The van der Waals surface area contributed by atoms with Gasteiger partial charge in [-0.25, -0.2) is 0 Å². The molecule has 14 heavy (non-hydrogen) atoms. The molecule has 1 aliphatic heterocycles. The average Bonchev–Trinajstić information content (AvgIpc) is 2.18. The Morgan fingerprint density at radius 3 is 2.50 bits per heavy atom.